The average molecular weight is 454 g/mol. The van der Waals surface area contributed by atoms with E-state index in [0.717, 1.165) is 4.47 Å². The van der Waals surface area contributed by atoms with E-state index in [1.807, 2.05) is 28.7 Å². The Kier molecular flexibility index (Phi) is 5.15. The number of carbonyl (C=O) groups excluding carboxylic acids is 1. The zero-order valence-electron chi connectivity index (χ0n) is 10.7. The van der Waals surface area contributed by atoms with Gasteiger partial charge in [-0.05, 0) is 40.8 Å². The zero-order valence-corrected chi connectivity index (χ0v) is 14.4. The van der Waals surface area contributed by atoms with Gasteiger partial charge in [-0.2, -0.15) is 5.26 Å². The number of halogens is 2. The van der Waals surface area contributed by atoms with Gasteiger partial charge in [0.05, 0.1) is 3.57 Å². The molecule has 2 aromatic carbocycles. The fraction of sp³-hybridized carbons (Fsp3) is 0. The molecule has 0 saturated heterocycles. The van der Waals surface area contributed by atoms with E-state index in [0.29, 0.717) is 14.7 Å². The lowest BCUT2D eigenvalue weighted by Gasteiger charge is -2.04. The number of hydrogen-bond acceptors (Lipinski definition) is 3. The van der Waals surface area contributed by atoms with Crippen molar-refractivity contribution in [2.45, 2.75) is 0 Å². The first kappa shape index (κ1) is 15.7. The molecule has 0 aliphatic rings. The highest BCUT2D eigenvalue weighted by molar-refractivity contribution is 14.1. The summed E-state index contributed by atoms with van der Waals surface area (Å²) in [4.78, 5) is 12.3. The topological polar surface area (TPSA) is 61.1 Å². The maximum atomic E-state index is 12.3. The van der Waals surface area contributed by atoms with Crippen LogP contribution in [-0.2, 0) is 0 Å². The van der Waals surface area contributed by atoms with E-state index in [2.05, 4.69) is 15.9 Å². The van der Waals surface area contributed by atoms with Gasteiger partial charge in [-0.25, -0.2) is 0 Å². The standard InChI is InChI=1S/C16H9BrINO2/c17-13-7-11(16(21)14(18)8-13)6-12(9-19)15(20)10-4-2-1-3-5-10/h1-8,21H/b12-6+. The van der Waals surface area contributed by atoms with Crippen molar-refractivity contribution in [1.82, 2.24) is 0 Å². The van der Waals surface area contributed by atoms with Gasteiger partial charge < -0.3 is 5.11 Å². The molecule has 2 rings (SSSR count). The summed E-state index contributed by atoms with van der Waals surface area (Å²) < 4.78 is 1.40. The number of benzene rings is 2. The van der Waals surface area contributed by atoms with Crippen molar-refractivity contribution in [3.63, 3.8) is 0 Å². The van der Waals surface area contributed by atoms with Crippen LogP contribution in [0.15, 0.2) is 52.5 Å². The van der Waals surface area contributed by atoms with Crippen molar-refractivity contribution >= 4 is 50.4 Å². The predicted molar refractivity (Wildman–Crippen MR) is 92.9 cm³/mol. The molecule has 0 heterocycles. The third-order valence-electron chi connectivity index (χ3n) is 2.76. The lowest BCUT2D eigenvalue weighted by molar-refractivity contribution is 0.104. The summed E-state index contributed by atoms with van der Waals surface area (Å²) in [5.74, 6) is -0.320. The summed E-state index contributed by atoms with van der Waals surface area (Å²) in [5, 5.41) is 19.2. The van der Waals surface area contributed by atoms with Crippen molar-refractivity contribution < 1.29 is 9.90 Å². The summed E-state index contributed by atoms with van der Waals surface area (Å²) >= 11 is 5.31. The Morgan fingerprint density at radius 1 is 1.29 bits per heavy atom. The summed E-state index contributed by atoms with van der Waals surface area (Å²) in [6.07, 6.45) is 1.40. The molecule has 0 aromatic heterocycles. The monoisotopic (exact) mass is 453 g/mol. The highest BCUT2D eigenvalue weighted by Crippen LogP contribution is 2.30. The Hall–Kier alpha value is -1.65. The quantitative estimate of drug-likeness (QED) is 0.321. The Labute approximate surface area is 144 Å². The second kappa shape index (κ2) is 6.87. The van der Waals surface area contributed by atoms with E-state index in [4.69, 9.17) is 0 Å². The SMILES string of the molecule is N#C/C(=C\c1cc(Br)cc(I)c1O)C(=O)c1ccccc1. The van der Waals surface area contributed by atoms with Gasteiger partial charge in [0.1, 0.15) is 17.4 Å². The highest BCUT2D eigenvalue weighted by Gasteiger charge is 2.13. The van der Waals surface area contributed by atoms with Gasteiger partial charge in [-0.3, -0.25) is 4.79 Å². The lowest BCUT2D eigenvalue weighted by Crippen LogP contribution is -2.01. The van der Waals surface area contributed by atoms with Crippen LogP contribution in [-0.4, -0.2) is 10.9 Å². The number of phenolic OH excluding ortho intramolecular Hbond substituents is 1. The van der Waals surface area contributed by atoms with E-state index in [1.165, 1.54) is 6.08 Å². The number of allylic oxidation sites excluding steroid dienone is 1. The maximum Gasteiger partial charge on any atom is 0.203 e. The molecule has 3 nitrogen and oxygen atoms in total. The number of nitriles is 1. The molecule has 0 atom stereocenters. The largest absolute Gasteiger partial charge is 0.506 e. The van der Waals surface area contributed by atoms with Crippen molar-refractivity contribution in [2.24, 2.45) is 0 Å². The molecular formula is C16H9BrINO2. The number of Topliss-reactive ketones (excluding diaryl/α,β-unsaturated/α-hetero) is 1. The molecule has 0 radical (unpaired) electrons. The second-order valence-electron chi connectivity index (χ2n) is 4.19. The van der Waals surface area contributed by atoms with E-state index < -0.39 is 0 Å². The number of hydrogen-bond donors (Lipinski definition) is 1. The average Bonchev–Trinajstić information content (AvgIpc) is 2.49. The number of carbonyl (C=O) groups is 1. The number of ketones is 1. The molecule has 0 fully saturated rings. The van der Waals surface area contributed by atoms with Crippen LogP contribution in [0, 0.1) is 14.9 Å². The Morgan fingerprint density at radius 3 is 2.57 bits per heavy atom. The third kappa shape index (κ3) is 3.71. The normalized spacial score (nSPS) is 11.0. The third-order valence-corrected chi connectivity index (χ3v) is 4.04. The van der Waals surface area contributed by atoms with Gasteiger partial charge in [0.15, 0.2) is 0 Å². The number of nitrogens with zero attached hydrogens (tertiary/aromatic N) is 1. The van der Waals surface area contributed by atoms with Crippen LogP contribution in [0.2, 0.25) is 0 Å². The molecule has 0 aliphatic heterocycles. The molecule has 104 valence electrons. The lowest BCUT2D eigenvalue weighted by atomic mass is 10.0. The second-order valence-corrected chi connectivity index (χ2v) is 6.27. The van der Waals surface area contributed by atoms with Gasteiger partial charge in [-0.1, -0.05) is 46.3 Å². The molecule has 0 aliphatic carbocycles. The van der Waals surface area contributed by atoms with E-state index in [9.17, 15) is 15.2 Å². The fourth-order valence-electron chi connectivity index (χ4n) is 1.75. The van der Waals surface area contributed by atoms with E-state index >= 15 is 0 Å². The molecule has 0 unspecified atom stereocenters. The van der Waals surface area contributed by atoms with Crippen LogP contribution in [0.1, 0.15) is 15.9 Å². The predicted octanol–water partition coefficient (Wildman–Crippen LogP) is 4.55. The van der Waals surface area contributed by atoms with Crippen LogP contribution in [0.25, 0.3) is 6.08 Å². The Balaban J connectivity index is 2.48. The summed E-state index contributed by atoms with van der Waals surface area (Å²) in [6.45, 7) is 0. The fourth-order valence-corrected chi connectivity index (χ4v) is 3.30. The minimum absolute atomic E-state index is 0.0228. The van der Waals surface area contributed by atoms with Gasteiger partial charge in [0, 0.05) is 15.6 Å². The first-order chi connectivity index (χ1) is 10.0. The number of aromatic hydroxyl groups is 1. The minimum Gasteiger partial charge on any atom is -0.506 e. The molecule has 0 bridgehead atoms. The van der Waals surface area contributed by atoms with Crippen molar-refractivity contribution in [3.8, 4) is 11.8 Å². The summed E-state index contributed by atoms with van der Waals surface area (Å²) in [5.41, 5.74) is 0.842. The Morgan fingerprint density at radius 2 is 1.95 bits per heavy atom. The number of rotatable bonds is 3. The zero-order chi connectivity index (χ0) is 15.4. The number of phenols is 1. The molecule has 0 amide bonds. The van der Waals surface area contributed by atoms with Crippen LogP contribution in [0.5, 0.6) is 5.75 Å². The molecule has 1 N–H and O–H groups in total. The van der Waals surface area contributed by atoms with Crippen molar-refractivity contribution in [1.29, 1.82) is 5.26 Å². The van der Waals surface area contributed by atoms with Crippen molar-refractivity contribution in [3.05, 3.63) is 67.2 Å². The minimum atomic E-state index is -0.368. The van der Waals surface area contributed by atoms with E-state index in [-0.39, 0.29) is 17.1 Å². The Bertz CT molecular complexity index is 764. The molecular weight excluding hydrogens is 445 g/mol. The highest BCUT2D eigenvalue weighted by atomic mass is 127. The molecule has 5 heteroatoms. The van der Waals surface area contributed by atoms with E-state index in [1.54, 1.807) is 42.5 Å². The molecule has 2 aromatic rings. The summed E-state index contributed by atoms with van der Waals surface area (Å²) in [6, 6.07) is 13.9. The molecule has 0 spiro atoms. The van der Waals surface area contributed by atoms with Gasteiger partial charge >= 0.3 is 0 Å². The van der Waals surface area contributed by atoms with Gasteiger partial charge in [0.25, 0.3) is 0 Å². The van der Waals surface area contributed by atoms with Gasteiger partial charge in [0.2, 0.25) is 5.78 Å². The first-order valence-corrected chi connectivity index (χ1v) is 7.79. The summed E-state index contributed by atoms with van der Waals surface area (Å²) in [7, 11) is 0. The van der Waals surface area contributed by atoms with Crippen LogP contribution < -0.4 is 0 Å². The first-order valence-electron chi connectivity index (χ1n) is 5.92. The van der Waals surface area contributed by atoms with Crippen LogP contribution in [0.4, 0.5) is 0 Å². The van der Waals surface area contributed by atoms with Crippen LogP contribution >= 0.6 is 38.5 Å². The molecule has 0 saturated carbocycles. The molecule has 21 heavy (non-hydrogen) atoms. The van der Waals surface area contributed by atoms with Crippen LogP contribution in [0.3, 0.4) is 0 Å². The van der Waals surface area contributed by atoms with Crippen molar-refractivity contribution in [2.75, 3.05) is 0 Å². The smallest absolute Gasteiger partial charge is 0.203 e. The maximum absolute atomic E-state index is 12.3. The van der Waals surface area contributed by atoms with Gasteiger partial charge in [-0.15, -0.1) is 0 Å².